The van der Waals surface area contributed by atoms with Crippen molar-refractivity contribution in [1.82, 2.24) is 15.0 Å². The number of hydrogen-bond acceptors (Lipinski definition) is 5. The maximum Gasteiger partial charge on any atom is 0.225 e. The number of hydrogen-bond donors (Lipinski definition) is 2. The molecule has 3 aromatic rings. The number of aromatic nitrogens is 3. The lowest BCUT2D eigenvalue weighted by Crippen LogP contribution is -2.05. The summed E-state index contributed by atoms with van der Waals surface area (Å²) in [6.45, 7) is 6.95. The molecular formula is C19H21N5. The first-order valence-corrected chi connectivity index (χ1v) is 8.03. The van der Waals surface area contributed by atoms with E-state index in [1.165, 1.54) is 11.1 Å². The second-order valence-corrected chi connectivity index (χ2v) is 5.71. The lowest BCUT2D eigenvalue weighted by atomic mass is 10.1. The van der Waals surface area contributed by atoms with E-state index in [1.807, 2.05) is 31.2 Å². The summed E-state index contributed by atoms with van der Waals surface area (Å²) < 4.78 is 0. The van der Waals surface area contributed by atoms with Gasteiger partial charge in [0.05, 0.1) is 11.4 Å². The molecule has 0 spiro atoms. The van der Waals surface area contributed by atoms with Gasteiger partial charge in [-0.1, -0.05) is 12.1 Å². The average molecular weight is 319 g/mol. The molecule has 0 atom stereocenters. The zero-order chi connectivity index (χ0) is 16.9. The summed E-state index contributed by atoms with van der Waals surface area (Å²) >= 11 is 0. The van der Waals surface area contributed by atoms with Gasteiger partial charge in [0.1, 0.15) is 5.82 Å². The number of aryl methyl sites for hydroxylation is 2. The maximum absolute atomic E-state index is 4.55. The van der Waals surface area contributed by atoms with E-state index in [1.54, 1.807) is 6.20 Å². The van der Waals surface area contributed by atoms with Gasteiger partial charge in [0, 0.05) is 24.5 Å². The normalized spacial score (nSPS) is 10.5. The van der Waals surface area contributed by atoms with Crippen molar-refractivity contribution in [3.63, 3.8) is 0 Å². The van der Waals surface area contributed by atoms with Gasteiger partial charge in [-0.05, 0) is 56.2 Å². The average Bonchev–Trinajstić information content (AvgIpc) is 2.55. The van der Waals surface area contributed by atoms with E-state index < -0.39 is 0 Å². The Morgan fingerprint density at radius 3 is 2.38 bits per heavy atom. The molecule has 5 nitrogen and oxygen atoms in total. The summed E-state index contributed by atoms with van der Waals surface area (Å²) in [5, 5.41) is 6.55. The number of benzene rings is 1. The van der Waals surface area contributed by atoms with Crippen LogP contribution < -0.4 is 10.6 Å². The monoisotopic (exact) mass is 319 g/mol. The summed E-state index contributed by atoms with van der Waals surface area (Å²) in [4.78, 5) is 13.5. The van der Waals surface area contributed by atoms with Crippen molar-refractivity contribution in [2.45, 2.75) is 20.8 Å². The summed E-state index contributed by atoms with van der Waals surface area (Å²) in [6, 6.07) is 14.1. The second-order valence-electron chi connectivity index (χ2n) is 5.71. The standard InChI is InChI=1S/C19H21N5/c1-4-20-19-23-17(16-7-5-6-8-21-16)12-18(24-19)22-15-10-13(2)9-14(3)11-15/h5-12H,4H2,1-3H3,(H2,20,22,23,24). The predicted molar refractivity (Wildman–Crippen MR) is 98.6 cm³/mol. The number of anilines is 3. The summed E-state index contributed by atoms with van der Waals surface area (Å²) in [5.41, 5.74) is 5.04. The molecule has 2 heterocycles. The largest absolute Gasteiger partial charge is 0.354 e. The molecule has 2 aromatic heterocycles. The van der Waals surface area contributed by atoms with E-state index in [-0.39, 0.29) is 0 Å². The molecule has 122 valence electrons. The van der Waals surface area contributed by atoms with Crippen molar-refractivity contribution in [3.8, 4) is 11.4 Å². The number of nitrogens with zero attached hydrogens (tertiary/aromatic N) is 3. The van der Waals surface area contributed by atoms with Gasteiger partial charge in [-0.2, -0.15) is 4.98 Å². The fourth-order valence-corrected chi connectivity index (χ4v) is 2.59. The molecule has 24 heavy (non-hydrogen) atoms. The Balaban J connectivity index is 1.98. The molecule has 0 bridgehead atoms. The van der Waals surface area contributed by atoms with E-state index in [4.69, 9.17) is 0 Å². The number of rotatable bonds is 5. The van der Waals surface area contributed by atoms with Crippen molar-refractivity contribution >= 4 is 17.5 Å². The molecule has 5 heteroatoms. The molecule has 0 aliphatic rings. The highest BCUT2D eigenvalue weighted by Crippen LogP contribution is 2.23. The first kappa shape index (κ1) is 15.9. The number of nitrogens with one attached hydrogen (secondary N) is 2. The Morgan fingerprint density at radius 1 is 0.917 bits per heavy atom. The maximum atomic E-state index is 4.55. The van der Waals surface area contributed by atoms with E-state index in [0.29, 0.717) is 5.95 Å². The van der Waals surface area contributed by atoms with Crippen LogP contribution >= 0.6 is 0 Å². The van der Waals surface area contributed by atoms with Crippen LogP contribution in [-0.2, 0) is 0 Å². The quantitative estimate of drug-likeness (QED) is 0.733. The van der Waals surface area contributed by atoms with Gasteiger partial charge in [-0.3, -0.25) is 4.98 Å². The Bertz CT molecular complexity index is 810. The van der Waals surface area contributed by atoms with E-state index in [9.17, 15) is 0 Å². The molecule has 0 saturated heterocycles. The van der Waals surface area contributed by atoms with Crippen molar-refractivity contribution < 1.29 is 0 Å². The van der Waals surface area contributed by atoms with Crippen LogP contribution in [0.4, 0.5) is 17.5 Å². The number of pyridine rings is 1. The lowest BCUT2D eigenvalue weighted by molar-refractivity contribution is 1.08. The third-order valence-corrected chi connectivity index (χ3v) is 3.48. The molecule has 3 rings (SSSR count). The van der Waals surface area contributed by atoms with Crippen LogP contribution in [-0.4, -0.2) is 21.5 Å². The van der Waals surface area contributed by atoms with Crippen LogP contribution in [0.15, 0.2) is 48.7 Å². The van der Waals surface area contributed by atoms with Crippen molar-refractivity contribution in [2.24, 2.45) is 0 Å². The van der Waals surface area contributed by atoms with E-state index in [0.717, 1.165) is 29.4 Å². The van der Waals surface area contributed by atoms with Gasteiger partial charge in [-0.15, -0.1) is 0 Å². The topological polar surface area (TPSA) is 62.7 Å². The molecule has 0 radical (unpaired) electrons. The van der Waals surface area contributed by atoms with Crippen molar-refractivity contribution in [2.75, 3.05) is 17.2 Å². The second kappa shape index (κ2) is 7.08. The third kappa shape index (κ3) is 3.87. The SMILES string of the molecule is CCNc1nc(Nc2cc(C)cc(C)c2)cc(-c2ccccn2)n1. The Kier molecular flexibility index (Phi) is 4.70. The van der Waals surface area contributed by atoms with Gasteiger partial charge in [0.2, 0.25) is 5.95 Å². The zero-order valence-electron chi connectivity index (χ0n) is 14.2. The van der Waals surface area contributed by atoms with Crippen LogP contribution in [0.1, 0.15) is 18.1 Å². The van der Waals surface area contributed by atoms with E-state index in [2.05, 4.69) is 57.6 Å². The molecule has 0 fully saturated rings. The van der Waals surface area contributed by atoms with E-state index >= 15 is 0 Å². The molecule has 0 amide bonds. The Morgan fingerprint density at radius 2 is 1.71 bits per heavy atom. The first-order chi connectivity index (χ1) is 11.6. The third-order valence-electron chi connectivity index (χ3n) is 3.48. The first-order valence-electron chi connectivity index (χ1n) is 8.03. The molecule has 1 aromatic carbocycles. The minimum Gasteiger partial charge on any atom is -0.354 e. The van der Waals surface area contributed by atoms with Crippen LogP contribution in [0, 0.1) is 13.8 Å². The summed E-state index contributed by atoms with van der Waals surface area (Å²) in [7, 11) is 0. The Hall–Kier alpha value is -2.95. The Labute approximate surface area is 142 Å². The minimum atomic E-state index is 0.590. The van der Waals surface area contributed by atoms with Gasteiger partial charge < -0.3 is 10.6 Å². The molecule has 0 aliphatic carbocycles. The highest BCUT2D eigenvalue weighted by Gasteiger charge is 2.08. The van der Waals surface area contributed by atoms with Crippen LogP contribution in [0.5, 0.6) is 0 Å². The summed E-state index contributed by atoms with van der Waals surface area (Å²) in [5.74, 6) is 1.33. The fraction of sp³-hybridized carbons (Fsp3) is 0.211. The van der Waals surface area contributed by atoms with Crippen molar-refractivity contribution in [1.29, 1.82) is 0 Å². The van der Waals surface area contributed by atoms with Crippen LogP contribution in [0.25, 0.3) is 11.4 Å². The highest BCUT2D eigenvalue weighted by atomic mass is 15.1. The van der Waals surface area contributed by atoms with Crippen LogP contribution in [0.3, 0.4) is 0 Å². The van der Waals surface area contributed by atoms with Crippen LogP contribution in [0.2, 0.25) is 0 Å². The van der Waals surface area contributed by atoms with Gasteiger partial charge >= 0.3 is 0 Å². The fourth-order valence-electron chi connectivity index (χ4n) is 2.59. The molecule has 2 N–H and O–H groups in total. The van der Waals surface area contributed by atoms with Gasteiger partial charge in [0.25, 0.3) is 0 Å². The predicted octanol–water partition coefficient (Wildman–Crippen LogP) is 4.33. The molecular weight excluding hydrogens is 298 g/mol. The lowest BCUT2D eigenvalue weighted by Gasteiger charge is -2.11. The molecule has 0 aliphatic heterocycles. The zero-order valence-corrected chi connectivity index (χ0v) is 14.2. The van der Waals surface area contributed by atoms with Crippen molar-refractivity contribution in [3.05, 3.63) is 59.8 Å². The highest BCUT2D eigenvalue weighted by molar-refractivity contribution is 5.65. The minimum absolute atomic E-state index is 0.590. The summed E-state index contributed by atoms with van der Waals surface area (Å²) in [6.07, 6.45) is 1.77. The molecule has 0 saturated carbocycles. The van der Waals surface area contributed by atoms with Gasteiger partial charge in [0.15, 0.2) is 0 Å². The molecule has 0 unspecified atom stereocenters. The smallest absolute Gasteiger partial charge is 0.225 e. The van der Waals surface area contributed by atoms with Gasteiger partial charge in [-0.25, -0.2) is 4.98 Å².